The van der Waals surface area contributed by atoms with E-state index in [9.17, 15) is 43.4 Å². The predicted molar refractivity (Wildman–Crippen MR) is 107 cm³/mol. The molecular formula is C12H20N5O13P3. The number of ether oxygens (including phenoxy) is 1. The lowest BCUT2D eigenvalue weighted by molar-refractivity contribution is -0.0503. The van der Waals surface area contributed by atoms with Crippen LogP contribution in [-0.2, 0) is 31.6 Å². The van der Waals surface area contributed by atoms with Crippen LogP contribution in [-0.4, -0.2) is 75.5 Å². The number of hydrogen-bond donors (Lipinski definition) is 7. The van der Waals surface area contributed by atoms with Crippen LogP contribution in [0.4, 0.5) is 5.95 Å². The van der Waals surface area contributed by atoms with Gasteiger partial charge in [-0.3, -0.25) is 23.4 Å². The molecule has 1 aliphatic rings. The second-order valence-electron chi connectivity index (χ2n) is 6.67. The van der Waals surface area contributed by atoms with E-state index in [0.29, 0.717) is 0 Å². The highest BCUT2D eigenvalue weighted by Gasteiger charge is 2.47. The SMILES string of the molecule is CCP(=O)(O)OP(=O)(O)OP(=O)(O)OCC1OC(n2cnc3c(=O)[nH]c(N)nc32)C(O)C1O. The molecule has 8 N–H and O–H groups in total. The molecule has 3 heterocycles. The van der Waals surface area contributed by atoms with Crippen LogP contribution in [0.2, 0.25) is 0 Å². The molecule has 0 saturated carbocycles. The number of imidazole rings is 1. The monoisotopic (exact) mass is 535 g/mol. The molecule has 1 aliphatic heterocycles. The minimum atomic E-state index is -5.50. The number of nitrogens with zero attached hydrogens (tertiary/aromatic N) is 3. The van der Waals surface area contributed by atoms with Gasteiger partial charge in [0.2, 0.25) is 5.95 Å². The zero-order valence-electron chi connectivity index (χ0n) is 16.6. The number of phosphoric ester groups is 1. The normalized spacial score (nSPS) is 28.9. The van der Waals surface area contributed by atoms with Crippen molar-refractivity contribution >= 4 is 40.4 Å². The van der Waals surface area contributed by atoms with Crippen molar-refractivity contribution in [2.75, 3.05) is 18.5 Å². The maximum atomic E-state index is 12.0. The molecule has 0 spiro atoms. The maximum Gasteiger partial charge on any atom is 0.488 e. The lowest BCUT2D eigenvalue weighted by atomic mass is 10.1. The third-order valence-electron chi connectivity index (χ3n) is 4.30. The van der Waals surface area contributed by atoms with Crippen molar-refractivity contribution in [3.63, 3.8) is 0 Å². The quantitative estimate of drug-likeness (QED) is 0.185. The molecule has 2 aromatic rings. The zero-order chi connectivity index (χ0) is 24.8. The summed E-state index contributed by atoms with van der Waals surface area (Å²) < 4.78 is 53.9. The summed E-state index contributed by atoms with van der Waals surface area (Å²) in [7, 11) is -15.5. The minimum absolute atomic E-state index is 0.0899. The molecule has 18 nitrogen and oxygen atoms in total. The summed E-state index contributed by atoms with van der Waals surface area (Å²) in [5, 5.41) is 20.5. The number of anilines is 1. The Morgan fingerprint density at radius 1 is 1.18 bits per heavy atom. The summed E-state index contributed by atoms with van der Waals surface area (Å²) >= 11 is 0. The zero-order valence-corrected chi connectivity index (χ0v) is 19.2. The van der Waals surface area contributed by atoms with Gasteiger partial charge in [-0.05, 0) is 0 Å². The van der Waals surface area contributed by atoms with Crippen molar-refractivity contribution in [2.24, 2.45) is 0 Å². The number of aromatic amines is 1. The van der Waals surface area contributed by atoms with Crippen molar-refractivity contribution in [3.05, 3.63) is 16.7 Å². The summed E-state index contributed by atoms with van der Waals surface area (Å²) in [6.07, 6.45) is -5.74. The van der Waals surface area contributed by atoms with Gasteiger partial charge in [-0.15, -0.1) is 0 Å². The van der Waals surface area contributed by atoms with E-state index in [4.69, 9.17) is 10.5 Å². The molecule has 7 atom stereocenters. The number of rotatable bonds is 9. The van der Waals surface area contributed by atoms with Crippen molar-refractivity contribution in [3.8, 4) is 0 Å². The number of aromatic nitrogens is 4. The molecule has 1 fully saturated rings. The summed E-state index contributed by atoms with van der Waals surface area (Å²) in [6.45, 7) is 0.204. The number of nitrogens with two attached hydrogens (primary N) is 1. The average Bonchev–Trinajstić information content (AvgIpc) is 3.20. The van der Waals surface area contributed by atoms with Gasteiger partial charge in [0.05, 0.1) is 12.9 Å². The van der Waals surface area contributed by atoms with Crippen LogP contribution >= 0.6 is 23.2 Å². The Hall–Kier alpha value is -1.52. The Balaban J connectivity index is 1.71. The highest BCUT2D eigenvalue weighted by Crippen LogP contribution is 2.67. The van der Waals surface area contributed by atoms with Gasteiger partial charge >= 0.3 is 23.2 Å². The molecule has 33 heavy (non-hydrogen) atoms. The summed E-state index contributed by atoms with van der Waals surface area (Å²) in [5.41, 5.74) is 4.59. The van der Waals surface area contributed by atoms with Crippen LogP contribution in [0.3, 0.4) is 0 Å². The topological polar surface area (TPSA) is 279 Å². The van der Waals surface area contributed by atoms with E-state index in [1.807, 2.05) is 0 Å². The van der Waals surface area contributed by atoms with Gasteiger partial charge < -0.3 is 35.4 Å². The fraction of sp³-hybridized carbons (Fsp3) is 0.583. The molecule has 7 unspecified atom stereocenters. The number of aliphatic hydroxyl groups excluding tert-OH is 2. The lowest BCUT2D eigenvalue weighted by Crippen LogP contribution is -2.33. The van der Waals surface area contributed by atoms with E-state index in [1.54, 1.807) is 0 Å². The van der Waals surface area contributed by atoms with Crippen LogP contribution < -0.4 is 11.3 Å². The number of aliphatic hydroxyl groups is 2. The molecule has 2 aromatic heterocycles. The van der Waals surface area contributed by atoms with Gasteiger partial charge in [-0.1, -0.05) is 6.92 Å². The second kappa shape index (κ2) is 9.26. The minimum Gasteiger partial charge on any atom is -0.387 e. The number of phosphoric acid groups is 2. The molecule has 0 aromatic carbocycles. The highest BCUT2D eigenvalue weighted by atomic mass is 31.3. The first-order valence-corrected chi connectivity index (χ1v) is 13.7. The summed E-state index contributed by atoms with van der Waals surface area (Å²) in [6, 6.07) is 0. The third kappa shape index (κ3) is 5.95. The number of nitrogens with one attached hydrogen (secondary N) is 1. The fourth-order valence-electron chi connectivity index (χ4n) is 2.78. The molecule has 3 rings (SSSR count). The van der Waals surface area contributed by atoms with E-state index >= 15 is 0 Å². The first kappa shape index (κ1) is 26.1. The van der Waals surface area contributed by atoms with Crippen LogP contribution in [0.25, 0.3) is 11.2 Å². The largest absolute Gasteiger partial charge is 0.488 e. The lowest BCUT2D eigenvalue weighted by Gasteiger charge is -2.20. The van der Waals surface area contributed by atoms with E-state index in [1.165, 1.54) is 0 Å². The van der Waals surface area contributed by atoms with Crippen molar-refractivity contribution in [2.45, 2.75) is 31.5 Å². The van der Waals surface area contributed by atoms with Crippen molar-refractivity contribution in [1.29, 1.82) is 0 Å². The van der Waals surface area contributed by atoms with Gasteiger partial charge in [0.1, 0.15) is 18.3 Å². The van der Waals surface area contributed by atoms with Crippen LogP contribution in [0, 0.1) is 0 Å². The Morgan fingerprint density at radius 2 is 1.85 bits per heavy atom. The average molecular weight is 535 g/mol. The molecule has 21 heteroatoms. The smallest absolute Gasteiger partial charge is 0.387 e. The van der Waals surface area contributed by atoms with Gasteiger partial charge in [0.25, 0.3) is 5.56 Å². The van der Waals surface area contributed by atoms with Gasteiger partial charge in [0, 0.05) is 6.16 Å². The molecule has 0 bridgehead atoms. The van der Waals surface area contributed by atoms with Gasteiger partial charge in [-0.25, -0.2) is 18.4 Å². The van der Waals surface area contributed by atoms with E-state index in [0.717, 1.165) is 17.8 Å². The molecule has 0 radical (unpaired) electrons. The second-order valence-corrected chi connectivity index (χ2v) is 12.0. The highest BCUT2D eigenvalue weighted by molar-refractivity contribution is 7.68. The summed E-state index contributed by atoms with van der Waals surface area (Å²) in [4.78, 5) is 50.1. The van der Waals surface area contributed by atoms with E-state index in [-0.39, 0.29) is 17.1 Å². The Morgan fingerprint density at radius 3 is 2.48 bits per heavy atom. The van der Waals surface area contributed by atoms with E-state index < -0.39 is 66.1 Å². The number of nitrogen functional groups attached to an aromatic ring is 1. The Kier molecular flexibility index (Phi) is 7.32. The number of hydrogen-bond acceptors (Lipinski definition) is 13. The van der Waals surface area contributed by atoms with Gasteiger partial charge in [0.15, 0.2) is 17.4 Å². The Labute approximate surface area is 183 Å². The first-order chi connectivity index (χ1) is 15.1. The van der Waals surface area contributed by atoms with Crippen molar-refractivity contribution < 1.29 is 56.5 Å². The van der Waals surface area contributed by atoms with Crippen LogP contribution in [0.1, 0.15) is 13.2 Å². The molecule has 0 amide bonds. The number of H-pyrrole nitrogens is 1. The van der Waals surface area contributed by atoms with Crippen molar-refractivity contribution in [1.82, 2.24) is 19.5 Å². The first-order valence-electron chi connectivity index (χ1n) is 8.93. The molecule has 186 valence electrons. The maximum absolute atomic E-state index is 12.0. The molecular weight excluding hydrogens is 515 g/mol. The van der Waals surface area contributed by atoms with Gasteiger partial charge in [-0.2, -0.15) is 9.29 Å². The fourth-order valence-corrected chi connectivity index (χ4v) is 6.49. The van der Waals surface area contributed by atoms with E-state index in [2.05, 4.69) is 28.1 Å². The predicted octanol–water partition coefficient (Wildman–Crippen LogP) is -1.22. The van der Waals surface area contributed by atoms with Crippen LogP contribution in [0.5, 0.6) is 0 Å². The molecule has 1 saturated heterocycles. The molecule has 0 aliphatic carbocycles. The standard InChI is InChI=1S/C12H20N5O13P3/c1-2-31(21,22)29-33(25,26)30-32(23,24)27-3-5-7(18)8(19)11(28-5)17-4-14-6-9(17)15-12(13)16-10(6)20/h4-5,7-8,11,18-19H,2-3H2,1H3,(H,21,22)(H,23,24)(H,25,26)(H3,13,15,16,20). The van der Waals surface area contributed by atoms with Crippen LogP contribution in [0.15, 0.2) is 11.1 Å². The number of fused-ring (bicyclic) bond motifs is 1. The Bertz CT molecular complexity index is 1230. The third-order valence-corrected chi connectivity index (χ3v) is 9.07. The summed E-state index contributed by atoms with van der Waals surface area (Å²) in [5.74, 6) is -0.258.